The van der Waals surface area contributed by atoms with Crippen molar-refractivity contribution in [2.24, 2.45) is 0 Å². The van der Waals surface area contributed by atoms with Gasteiger partial charge in [-0.15, -0.1) is 0 Å². The fraction of sp³-hybridized carbons (Fsp3) is 0.0909. The minimum atomic E-state index is -0.235. The second kappa shape index (κ2) is 6.74. The van der Waals surface area contributed by atoms with Crippen LogP contribution in [0, 0.1) is 0 Å². The van der Waals surface area contributed by atoms with Gasteiger partial charge in [0.1, 0.15) is 0 Å². The van der Waals surface area contributed by atoms with E-state index in [0.29, 0.717) is 18.1 Å². The number of carbonyl (C=O) groups excluding carboxylic acids is 1. The molecule has 3 heterocycles. The highest BCUT2D eigenvalue weighted by molar-refractivity contribution is 5.94. The van der Waals surface area contributed by atoms with Gasteiger partial charge in [0, 0.05) is 18.3 Å². The Morgan fingerprint density at radius 3 is 2.71 bits per heavy atom. The summed E-state index contributed by atoms with van der Waals surface area (Å²) in [5.74, 6) is 1.54. The third kappa shape index (κ3) is 2.85. The van der Waals surface area contributed by atoms with Gasteiger partial charge < -0.3 is 14.8 Å². The molecule has 1 aliphatic heterocycles. The third-order valence-electron chi connectivity index (χ3n) is 4.69. The zero-order chi connectivity index (χ0) is 18.9. The normalized spacial score (nSPS) is 12.3. The quantitative estimate of drug-likeness (QED) is 0.595. The fourth-order valence-corrected chi connectivity index (χ4v) is 3.32. The summed E-state index contributed by atoms with van der Waals surface area (Å²) < 4.78 is 12.5. The van der Waals surface area contributed by atoms with Crippen LogP contribution in [-0.2, 0) is 6.54 Å². The molecule has 1 amide bonds. The lowest BCUT2D eigenvalue weighted by Crippen LogP contribution is -2.25. The molecule has 2 aromatic carbocycles. The first-order valence-electron chi connectivity index (χ1n) is 8.99. The van der Waals surface area contributed by atoms with Crippen molar-refractivity contribution in [3.05, 3.63) is 84.3 Å². The van der Waals surface area contributed by atoms with Crippen LogP contribution in [0.15, 0.2) is 72.9 Å². The number of fused-ring (bicyclic) bond motifs is 2. The van der Waals surface area contributed by atoms with Gasteiger partial charge in [0.15, 0.2) is 11.5 Å². The maximum absolute atomic E-state index is 12.9. The lowest BCUT2D eigenvalue weighted by atomic mass is 10.1. The molecule has 0 atom stereocenters. The van der Waals surface area contributed by atoms with Gasteiger partial charge in [0.25, 0.3) is 5.91 Å². The third-order valence-corrected chi connectivity index (χ3v) is 4.69. The second-order valence-electron chi connectivity index (χ2n) is 6.48. The molecule has 138 valence electrons. The van der Waals surface area contributed by atoms with Gasteiger partial charge in [-0.05, 0) is 29.8 Å². The van der Waals surface area contributed by atoms with Gasteiger partial charge in [-0.2, -0.15) is 0 Å². The van der Waals surface area contributed by atoms with Crippen LogP contribution in [0.3, 0.4) is 0 Å². The van der Waals surface area contributed by atoms with Crippen LogP contribution in [0.25, 0.3) is 16.8 Å². The van der Waals surface area contributed by atoms with Gasteiger partial charge in [-0.3, -0.25) is 9.20 Å². The van der Waals surface area contributed by atoms with E-state index in [1.165, 1.54) is 0 Å². The molecule has 0 radical (unpaired) electrons. The molecule has 0 saturated heterocycles. The maximum Gasteiger partial charge on any atom is 0.287 e. The predicted octanol–water partition coefficient (Wildman–Crippen LogP) is 3.66. The second-order valence-corrected chi connectivity index (χ2v) is 6.48. The molecule has 0 bridgehead atoms. The first-order valence-corrected chi connectivity index (χ1v) is 8.99. The van der Waals surface area contributed by atoms with E-state index in [-0.39, 0.29) is 12.7 Å². The summed E-state index contributed by atoms with van der Waals surface area (Å²) in [5, 5.41) is 2.94. The van der Waals surface area contributed by atoms with E-state index in [1.807, 2.05) is 77.3 Å². The summed E-state index contributed by atoms with van der Waals surface area (Å²) in [6.45, 7) is 0.603. The summed E-state index contributed by atoms with van der Waals surface area (Å²) >= 11 is 0. The van der Waals surface area contributed by atoms with Crippen molar-refractivity contribution >= 4 is 11.4 Å². The van der Waals surface area contributed by atoms with Crippen molar-refractivity contribution in [3.63, 3.8) is 0 Å². The van der Waals surface area contributed by atoms with E-state index in [0.717, 1.165) is 28.1 Å². The first kappa shape index (κ1) is 16.4. The zero-order valence-corrected chi connectivity index (χ0v) is 15.0. The largest absolute Gasteiger partial charge is 0.454 e. The lowest BCUT2D eigenvalue weighted by Gasteiger charge is -2.06. The van der Waals surface area contributed by atoms with E-state index in [1.54, 1.807) is 0 Å². The van der Waals surface area contributed by atoms with Gasteiger partial charge in [0.2, 0.25) is 12.6 Å². The number of amides is 1. The number of hydrogen-bond acceptors (Lipinski definition) is 4. The molecule has 0 saturated carbocycles. The maximum atomic E-state index is 12.9. The Hall–Kier alpha value is -3.80. The minimum absolute atomic E-state index is 0.230. The van der Waals surface area contributed by atoms with E-state index in [4.69, 9.17) is 9.47 Å². The molecular weight excluding hydrogens is 354 g/mol. The summed E-state index contributed by atoms with van der Waals surface area (Å²) in [5.41, 5.74) is 3.58. The average molecular weight is 371 g/mol. The lowest BCUT2D eigenvalue weighted by molar-refractivity contribution is 0.0940. The van der Waals surface area contributed by atoms with Crippen LogP contribution in [-0.4, -0.2) is 22.1 Å². The highest BCUT2D eigenvalue weighted by atomic mass is 16.7. The molecule has 6 nitrogen and oxygen atoms in total. The van der Waals surface area contributed by atoms with Crippen LogP contribution >= 0.6 is 0 Å². The number of hydrogen-bond donors (Lipinski definition) is 1. The number of imidazole rings is 1. The monoisotopic (exact) mass is 371 g/mol. The Morgan fingerprint density at radius 1 is 1.00 bits per heavy atom. The zero-order valence-electron chi connectivity index (χ0n) is 15.0. The van der Waals surface area contributed by atoms with Crippen molar-refractivity contribution in [1.29, 1.82) is 0 Å². The molecule has 1 aliphatic rings. The van der Waals surface area contributed by atoms with E-state index >= 15 is 0 Å². The smallest absolute Gasteiger partial charge is 0.287 e. The fourth-order valence-electron chi connectivity index (χ4n) is 3.32. The van der Waals surface area contributed by atoms with Crippen LogP contribution in [0.4, 0.5) is 0 Å². The van der Waals surface area contributed by atoms with Crippen molar-refractivity contribution in [2.75, 3.05) is 6.79 Å². The van der Waals surface area contributed by atoms with Crippen molar-refractivity contribution in [1.82, 2.24) is 14.7 Å². The van der Waals surface area contributed by atoms with Gasteiger partial charge in [-0.25, -0.2) is 4.98 Å². The molecule has 0 spiro atoms. The van der Waals surface area contributed by atoms with Gasteiger partial charge in [-0.1, -0.05) is 42.5 Å². The summed E-state index contributed by atoms with van der Waals surface area (Å²) in [6.07, 6.45) is 1.85. The molecule has 28 heavy (non-hydrogen) atoms. The average Bonchev–Trinajstić information content (AvgIpc) is 3.37. The Kier molecular flexibility index (Phi) is 3.94. The van der Waals surface area contributed by atoms with Crippen molar-refractivity contribution in [3.8, 4) is 22.8 Å². The number of nitrogens with zero attached hydrogens (tertiary/aromatic N) is 2. The number of rotatable bonds is 4. The summed E-state index contributed by atoms with van der Waals surface area (Å²) in [6, 6.07) is 21.3. The summed E-state index contributed by atoms with van der Waals surface area (Å²) in [7, 11) is 0. The highest BCUT2D eigenvalue weighted by Gasteiger charge is 2.18. The van der Waals surface area contributed by atoms with Crippen LogP contribution in [0.1, 0.15) is 16.2 Å². The SMILES string of the molecule is O=C(NCc1ccc2c(c1)OCO2)c1nc(-c2ccccc2)c2ccccn12. The van der Waals surface area contributed by atoms with Crippen molar-refractivity contribution in [2.45, 2.75) is 6.54 Å². The Balaban J connectivity index is 1.43. The van der Waals surface area contributed by atoms with Crippen LogP contribution in [0.2, 0.25) is 0 Å². The number of benzene rings is 2. The molecule has 0 aliphatic carbocycles. The van der Waals surface area contributed by atoms with Crippen LogP contribution in [0.5, 0.6) is 11.5 Å². The number of carbonyl (C=O) groups is 1. The molecule has 2 aromatic heterocycles. The van der Waals surface area contributed by atoms with Crippen molar-refractivity contribution < 1.29 is 14.3 Å². The Morgan fingerprint density at radius 2 is 1.82 bits per heavy atom. The summed E-state index contributed by atoms with van der Waals surface area (Å²) in [4.78, 5) is 17.5. The van der Waals surface area contributed by atoms with E-state index < -0.39 is 0 Å². The first-order chi connectivity index (χ1) is 13.8. The van der Waals surface area contributed by atoms with E-state index in [2.05, 4.69) is 10.3 Å². The van der Waals surface area contributed by atoms with Crippen LogP contribution < -0.4 is 14.8 Å². The Labute approximate surface area is 161 Å². The molecule has 0 fully saturated rings. The number of pyridine rings is 1. The predicted molar refractivity (Wildman–Crippen MR) is 104 cm³/mol. The number of nitrogens with one attached hydrogen (secondary N) is 1. The standard InChI is InChI=1S/C22H17N3O3/c26-22(23-13-15-9-10-18-19(12-15)28-14-27-18)21-24-20(16-6-2-1-3-7-16)17-8-4-5-11-25(17)21/h1-12H,13-14H2,(H,23,26). The van der Waals surface area contributed by atoms with Gasteiger partial charge >= 0.3 is 0 Å². The molecule has 6 heteroatoms. The number of ether oxygens (including phenoxy) is 2. The molecular formula is C22H17N3O3. The highest BCUT2D eigenvalue weighted by Crippen LogP contribution is 2.32. The van der Waals surface area contributed by atoms with Gasteiger partial charge in [0.05, 0.1) is 11.2 Å². The topological polar surface area (TPSA) is 64.9 Å². The van der Waals surface area contributed by atoms with E-state index in [9.17, 15) is 4.79 Å². The molecule has 1 N–H and O–H groups in total. The molecule has 4 aromatic rings. The molecule has 5 rings (SSSR count). The Bertz CT molecular complexity index is 1170. The number of aromatic nitrogens is 2. The molecule has 0 unspecified atom stereocenters. The minimum Gasteiger partial charge on any atom is -0.454 e.